The molecule has 0 unspecified atom stereocenters. The van der Waals surface area contributed by atoms with Crippen LogP contribution >= 0.6 is 0 Å². The zero-order valence-corrected chi connectivity index (χ0v) is 9.72. The van der Waals surface area contributed by atoms with Gasteiger partial charge in [0.2, 0.25) is 0 Å². The molecule has 2 aromatic carbocycles. The van der Waals surface area contributed by atoms with Crippen LogP contribution in [-0.2, 0) is 0 Å². The second-order valence-electron chi connectivity index (χ2n) is 3.73. The van der Waals surface area contributed by atoms with Gasteiger partial charge in [0.25, 0.3) is 0 Å². The van der Waals surface area contributed by atoms with E-state index in [2.05, 4.69) is 4.74 Å². The maximum Gasteiger partial charge on any atom is 0.387 e. The Labute approximate surface area is 108 Å². The number of alkyl halides is 2. The van der Waals surface area contributed by atoms with E-state index in [1.807, 2.05) is 0 Å². The summed E-state index contributed by atoms with van der Waals surface area (Å²) in [7, 11) is 0. The van der Waals surface area contributed by atoms with E-state index in [-0.39, 0.29) is 11.3 Å². The van der Waals surface area contributed by atoms with Crippen molar-refractivity contribution in [3.05, 3.63) is 54.1 Å². The minimum Gasteiger partial charge on any atom is -0.478 e. The summed E-state index contributed by atoms with van der Waals surface area (Å²) in [5, 5.41) is 9.02. The van der Waals surface area contributed by atoms with Gasteiger partial charge in [0.05, 0.1) is 0 Å². The fourth-order valence-electron chi connectivity index (χ4n) is 1.77. The van der Waals surface area contributed by atoms with Crippen LogP contribution in [0.25, 0.3) is 11.1 Å². The smallest absolute Gasteiger partial charge is 0.387 e. The highest BCUT2D eigenvalue weighted by atomic mass is 19.3. The number of hydrogen-bond acceptors (Lipinski definition) is 2. The first kappa shape index (κ1) is 13.0. The summed E-state index contributed by atoms with van der Waals surface area (Å²) in [5.41, 5.74) is 0.642. The Bertz CT molecular complexity index is 582. The SMILES string of the molecule is O=C(O)c1cccc(-c2ccccc2)c1OC(F)F. The van der Waals surface area contributed by atoms with Gasteiger partial charge < -0.3 is 9.84 Å². The molecule has 0 aliphatic heterocycles. The number of rotatable bonds is 4. The molecule has 98 valence electrons. The van der Waals surface area contributed by atoms with Crippen LogP contribution < -0.4 is 4.74 Å². The van der Waals surface area contributed by atoms with E-state index in [0.29, 0.717) is 11.1 Å². The molecule has 0 fully saturated rings. The normalized spacial score (nSPS) is 10.5. The van der Waals surface area contributed by atoms with Crippen LogP contribution in [0.15, 0.2) is 48.5 Å². The van der Waals surface area contributed by atoms with E-state index < -0.39 is 12.6 Å². The topological polar surface area (TPSA) is 46.5 Å². The highest BCUT2D eigenvalue weighted by Gasteiger charge is 2.19. The molecule has 5 heteroatoms. The second kappa shape index (κ2) is 5.48. The third-order valence-electron chi connectivity index (χ3n) is 2.54. The van der Waals surface area contributed by atoms with E-state index >= 15 is 0 Å². The summed E-state index contributed by atoms with van der Waals surface area (Å²) in [6, 6.07) is 12.9. The van der Waals surface area contributed by atoms with Crippen molar-refractivity contribution in [2.75, 3.05) is 0 Å². The first-order valence-corrected chi connectivity index (χ1v) is 5.46. The van der Waals surface area contributed by atoms with Gasteiger partial charge >= 0.3 is 12.6 Å². The van der Waals surface area contributed by atoms with Crippen molar-refractivity contribution in [1.29, 1.82) is 0 Å². The molecule has 0 spiro atoms. The number of hydrogen-bond donors (Lipinski definition) is 1. The Morgan fingerprint density at radius 1 is 1.05 bits per heavy atom. The molecule has 0 aliphatic carbocycles. The third kappa shape index (κ3) is 2.88. The molecular weight excluding hydrogens is 254 g/mol. The lowest BCUT2D eigenvalue weighted by molar-refractivity contribution is -0.0499. The lowest BCUT2D eigenvalue weighted by Crippen LogP contribution is -2.08. The summed E-state index contributed by atoms with van der Waals surface area (Å²) in [5.74, 6) is -1.63. The minimum absolute atomic E-state index is 0.290. The van der Waals surface area contributed by atoms with E-state index in [1.165, 1.54) is 12.1 Å². The van der Waals surface area contributed by atoms with Gasteiger partial charge in [-0.05, 0) is 11.6 Å². The summed E-state index contributed by atoms with van der Waals surface area (Å²) >= 11 is 0. The molecule has 0 atom stereocenters. The van der Waals surface area contributed by atoms with Crippen molar-refractivity contribution in [1.82, 2.24) is 0 Å². The van der Waals surface area contributed by atoms with Crippen molar-refractivity contribution in [2.24, 2.45) is 0 Å². The first-order chi connectivity index (χ1) is 9.09. The van der Waals surface area contributed by atoms with Crippen LogP contribution in [0.4, 0.5) is 8.78 Å². The fourth-order valence-corrected chi connectivity index (χ4v) is 1.77. The Morgan fingerprint density at radius 3 is 2.32 bits per heavy atom. The molecule has 1 N–H and O–H groups in total. The van der Waals surface area contributed by atoms with Crippen molar-refractivity contribution >= 4 is 5.97 Å². The zero-order chi connectivity index (χ0) is 13.8. The van der Waals surface area contributed by atoms with Crippen molar-refractivity contribution in [3.8, 4) is 16.9 Å². The fraction of sp³-hybridized carbons (Fsp3) is 0.0714. The number of carboxylic acid groups (broad SMARTS) is 1. The Hall–Kier alpha value is -2.43. The van der Waals surface area contributed by atoms with Gasteiger partial charge in [-0.25, -0.2) is 4.79 Å². The Kier molecular flexibility index (Phi) is 3.75. The average Bonchev–Trinajstić information content (AvgIpc) is 2.39. The van der Waals surface area contributed by atoms with E-state index in [0.717, 1.165) is 0 Å². The number of halogens is 2. The van der Waals surface area contributed by atoms with Gasteiger partial charge in [-0.15, -0.1) is 0 Å². The first-order valence-electron chi connectivity index (χ1n) is 5.46. The number of carboxylic acids is 1. The van der Waals surface area contributed by atoms with Crippen LogP contribution in [0.3, 0.4) is 0 Å². The molecule has 0 aromatic heterocycles. The molecule has 0 amide bonds. The molecule has 0 aliphatic rings. The number of carbonyl (C=O) groups is 1. The summed E-state index contributed by atoms with van der Waals surface area (Å²) in [4.78, 5) is 11.1. The van der Waals surface area contributed by atoms with Gasteiger partial charge in [-0.1, -0.05) is 42.5 Å². The number of benzene rings is 2. The molecule has 0 saturated carbocycles. The predicted molar refractivity (Wildman–Crippen MR) is 65.5 cm³/mol. The molecule has 2 rings (SSSR count). The van der Waals surface area contributed by atoms with Gasteiger partial charge in [0.1, 0.15) is 11.3 Å². The molecule has 19 heavy (non-hydrogen) atoms. The van der Waals surface area contributed by atoms with Crippen LogP contribution in [0.5, 0.6) is 5.75 Å². The molecule has 2 aromatic rings. The maximum absolute atomic E-state index is 12.4. The largest absolute Gasteiger partial charge is 0.478 e. The number of para-hydroxylation sites is 1. The summed E-state index contributed by atoms with van der Waals surface area (Å²) in [6.07, 6.45) is 0. The van der Waals surface area contributed by atoms with E-state index in [1.54, 1.807) is 36.4 Å². The molecule has 0 bridgehead atoms. The zero-order valence-electron chi connectivity index (χ0n) is 9.72. The van der Waals surface area contributed by atoms with Crippen LogP contribution in [-0.4, -0.2) is 17.7 Å². The van der Waals surface area contributed by atoms with Gasteiger partial charge in [-0.3, -0.25) is 0 Å². The quantitative estimate of drug-likeness (QED) is 0.916. The van der Waals surface area contributed by atoms with E-state index in [4.69, 9.17) is 5.11 Å². The van der Waals surface area contributed by atoms with Crippen LogP contribution in [0, 0.1) is 0 Å². The van der Waals surface area contributed by atoms with Gasteiger partial charge in [0, 0.05) is 5.56 Å². The van der Waals surface area contributed by atoms with Gasteiger partial charge in [0.15, 0.2) is 0 Å². The van der Waals surface area contributed by atoms with E-state index in [9.17, 15) is 13.6 Å². The standard InChI is InChI=1S/C14H10F2O3/c15-14(16)19-12-10(9-5-2-1-3-6-9)7-4-8-11(12)13(17)18/h1-8,14H,(H,17,18). The lowest BCUT2D eigenvalue weighted by Gasteiger charge is -2.13. The van der Waals surface area contributed by atoms with Gasteiger partial charge in [-0.2, -0.15) is 8.78 Å². The highest BCUT2D eigenvalue weighted by molar-refractivity contribution is 5.94. The highest BCUT2D eigenvalue weighted by Crippen LogP contribution is 2.34. The second-order valence-corrected chi connectivity index (χ2v) is 3.73. The Morgan fingerprint density at radius 2 is 1.74 bits per heavy atom. The average molecular weight is 264 g/mol. The van der Waals surface area contributed by atoms with Crippen molar-refractivity contribution < 1.29 is 23.4 Å². The summed E-state index contributed by atoms with van der Waals surface area (Å²) < 4.78 is 29.3. The molecular formula is C14H10F2O3. The monoisotopic (exact) mass is 264 g/mol. The van der Waals surface area contributed by atoms with Crippen molar-refractivity contribution in [2.45, 2.75) is 6.61 Å². The predicted octanol–water partition coefficient (Wildman–Crippen LogP) is 3.65. The molecule has 0 saturated heterocycles. The van der Waals surface area contributed by atoms with Crippen molar-refractivity contribution in [3.63, 3.8) is 0 Å². The maximum atomic E-state index is 12.4. The summed E-state index contributed by atoms with van der Waals surface area (Å²) in [6.45, 7) is -3.08. The minimum atomic E-state index is -3.08. The number of ether oxygens (including phenoxy) is 1. The van der Waals surface area contributed by atoms with Crippen LogP contribution in [0.2, 0.25) is 0 Å². The molecule has 0 radical (unpaired) electrons. The molecule has 3 nitrogen and oxygen atoms in total. The van der Waals surface area contributed by atoms with Crippen LogP contribution in [0.1, 0.15) is 10.4 Å². The lowest BCUT2D eigenvalue weighted by atomic mass is 10.0. The number of aromatic carboxylic acids is 1. The third-order valence-corrected chi connectivity index (χ3v) is 2.54. The molecule has 0 heterocycles. The Balaban J connectivity index is 2.60.